The highest BCUT2D eigenvalue weighted by molar-refractivity contribution is 6.14. The lowest BCUT2D eigenvalue weighted by molar-refractivity contribution is -0.155. The third kappa shape index (κ3) is 5.56. The van der Waals surface area contributed by atoms with Gasteiger partial charge in [0.1, 0.15) is 23.0 Å². The van der Waals surface area contributed by atoms with E-state index in [-0.39, 0.29) is 43.2 Å². The number of amides is 1. The number of hydrogen-bond acceptors (Lipinski definition) is 8. The molecule has 0 aliphatic carbocycles. The Hall–Kier alpha value is -3.74. The third-order valence-corrected chi connectivity index (χ3v) is 5.90. The number of nitrogens with one attached hydrogen (secondary N) is 2. The Kier molecular flexibility index (Phi) is 6.85. The van der Waals surface area contributed by atoms with E-state index in [4.69, 9.17) is 14.6 Å². The molecule has 3 N–H and O–H groups in total. The minimum Gasteiger partial charge on any atom is -0.495 e. The Balaban J connectivity index is 1.52. The van der Waals surface area contributed by atoms with Crippen molar-refractivity contribution in [3.05, 3.63) is 46.9 Å². The number of carbonyl (C=O) groups is 2. The first-order valence-corrected chi connectivity index (χ1v) is 11.0. The fourth-order valence-corrected chi connectivity index (χ4v) is 3.86. The van der Waals surface area contributed by atoms with Crippen molar-refractivity contribution in [1.29, 1.82) is 0 Å². The van der Waals surface area contributed by atoms with Gasteiger partial charge in [-0.05, 0) is 25.1 Å². The quantitative estimate of drug-likeness (QED) is 0.447. The molecule has 0 spiro atoms. The average Bonchev–Trinajstić information content (AvgIpc) is 3.64. The van der Waals surface area contributed by atoms with Crippen LogP contribution in [0.4, 0.5) is 19.0 Å². The molecule has 4 rings (SSSR count). The monoisotopic (exact) mass is 507 g/mol. The molecule has 36 heavy (non-hydrogen) atoms. The van der Waals surface area contributed by atoms with Crippen molar-refractivity contribution in [2.24, 2.45) is 10.4 Å². The highest BCUT2D eigenvalue weighted by Crippen LogP contribution is 2.34. The Bertz CT molecular complexity index is 1210. The number of carboxylic acids is 1. The second-order valence-electron chi connectivity index (χ2n) is 8.78. The molecular formula is C23H24F3N5O5. The van der Waals surface area contributed by atoms with Gasteiger partial charge < -0.3 is 25.2 Å². The highest BCUT2D eigenvalue weighted by Gasteiger charge is 2.41. The molecule has 2 aromatic rings. The predicted molar refractivity (Wildman–Crippen MR) is 121 cm³/mol. The SMILES string of the molecule is COc1ccc(C(F)(F)F)nc1[C@H](C)Nc1ncc(C(=O)NCC2(CC(=O)O)COC2)cc1C1=NC1. The molecule has 192 valence electrons. The normalized spacial score (nSPS) is 16.9. The zero-order valence-corrected chi connectivity index (χ0v) is 19.5. The topological polar surface area (TPSA) is 135 Å². The first-order chi connectivity index (χ1) is 17.0. The highest BCUT2D eigenvalue weighted by atomic mass is 19.4. The summed E-state index contributed by atoms with van der Waals surface area (Å²) < 4.78 is 49.9. The van der Waals surface area contributed by atoms with E-state index in [0.717, 1.165) is 6.07 Å². The minimum absolute atomic E-state index is 0.0473. The molecule has 13 heteroatoms. The second kappa shape index (κ2) is 9.72. The number of carboxylic acid groups (broad SMARTS) is 1. The van der Waals surface area contributed by atoms with Gasteiger partial charge in [-0.1, -0.05) is 0 Å². The summed E-state index contributed by atoms with van der Waals surface area (Å²) in [7, 11) is 1.34. The van der Waals surface area contributed by atoms with Crippen LogP contribution in [-0.4, -0.2) is 66.1 Å². The first-order valence-electron chi connectivity index (χ1n) is 11.0. The van der Waals surface area contributed by atoms with Crippen molar-refractivity contribution < 1.29 is 37.3 Å². The number of alkyl halides is 3. The summed E-state index contributed by atoms with van der Waals surface area (Å²) in [6.45, 7) is 2.68. The van der Waals surface area contributed by atoms with Gasteiger partial charge in [-0.25, -0.2) is 9.97 Å². The van der Waals surface area contributed by atoms with E-state index in [1.165, 1.54) is 19.4 Å². The van der Waals surface area contributed by atoms with Gasteiger partial charge in [-0.2, -0.15) is 13.2 Å². The fraction of sp³-hybridized carbons (Fsp3) is 0.435. The van der Waals surface area contributed by atoms with Crippen LogP contribution in [0.5, 0.6) is 5.75 Å². The maximum absolute atomic E-state index is 13.2. The number of ether oxygens (including phenoxy) is 2. The smallest absolute Gasteiger partial charge is 0.433 e. The number of carbonyl (C=O) groups excluding carboxylic acids is 1. The van der Waals surface area contributed by atoms with Crippen LogP contribution in [0.25, 0.3) is 0 Å². The largest absolute Gasteiger partial charge is 0.495 e. The van der Waals surface area contributed by atoms with E-state index in [1.807, 2.05) is 0 Å². The molecule has 1 amide bonds. The van der Waals surface area contributed by atoms with E-state index in [1.54, 1.807) is 13.0 Å². The van der Waals surface area contributed by atoms with Gasteiger partial charge in [0.15, 0.2) is 0 Å². The van der Waals surface area contributed by atoms with Crippen molar-refractivity contribution in [3.8, 4) is 5.75 Å². The summed E-state index contributed by atoms with van der Waals surface area (Å²) in [5.74, 6) is -0.909. The summed E-state index contributed by atoms with van der Waals surface area (Å²) >= 11 is 0. The molecule has 1 atom stereocenters. The van der Waals surface area contributed by atoms with E-state index in [9.17, 15) is 22.8 Å². The van der Waals surface area contributed by atoms with Crippen LogP contribution in [-0.2, 0) is 15.7 Å². The molecule has 0 bridgehead atoms. The molecule has 1 fully saturated rings. The molecule has 10 nitrogen and oxygen atoms in total. The molecule has 4 heterocycles. The standard InChI is InChI=1S/C23H24F3N5O5/c1-12(19-16(35-2)3-4-17(31-19)23(24,25)26)30-20-14(15-8-27-15)5-13(7-28-20)21(34)29-9-22(6-18(32)33)10-36-11-22/h3-5,7,12H,6,8-11H2,1-2H3,(H,28,30)(H,29,34)(H,32,33)/t12-/m0/s1. The van der Waals surface area contributed by atoms with Gasteiger partial charge in [-0.3, -0.25) is 14.6 Å². The summed E-state index contributed by atoms with van der Waals surface area (Å²) in [5, 5.41) is 14.9. The first kappa shape index (κ1) is 25.4. The van der Waals surface area contributed by atoms with Gasteiger partial charge in [0, 0.05) is 23.7 Å². The summed E-state index contributed by atoms with van der Waals surface area (Å²) in [6, 6.07) is 2.92. The number of anilines is 1. The number of halogens is 3. The van der Waals surface area contributed by atoms with Crippen molar-refractivity contribution in [3.63, 3.8) is 0 Å². The average molecular weight is 507 g/mol. The minimum atomic E-state index is -4.61. The van der Waals surface area contributed by atoms with Gasteiger partial charge in [-0.15, -0.1) is 0 Å². The molecule has 2 aliphatic rings. The number of methoxy groups -OCH3 is 1. The van der Waals surface area contributed by atoms with Gasteiger partial charge in [0.05, 0.1) is 50.6 Å². The van der Waals surface area contributed by atoms with E-state index in [0.29, 0.717) is 23.6 Å². The van der Waals surface area contributed by atoms with E-state index in [2.05, 4.69) is 25.6 Å². The van der Waals surface area contributed by atoms with E-state index >= 15 is 0 Å². The zero-order chi connectivity index (χ0) is 26.1. The number of aliphatic carboxylic acids is 1. The molecule has 2 aromatic heterocycles. The lowest BCUT2D eigenvalue weighted by Crippen LogP contribution is -2.52. The van der Waals surface area contributed by atoms with Crippen LogP contribution >= 0.6 is 0 Å². The number of nitrogens with zero attached hydrogens (tertiary/aromatic N) is 3. The van der Waals surface area contributed by atoms with Crippen molar-refractivity contribution in [2.45, 2.75) is 25.6 Å². The predicted octanol–water partition coefficient (Wildman–Crippen LogP) is 2.70. The number of pyridine rings is 2. The molecule has 2 aliphatic heterocycles. The van der Waals surface area contributed by atoms with Crippen molar-refractivity contribution in [2.75, 3.05) is 38.7 Å². The van der Waals surface area contributed by atoms with Crippen molar-refractivity contribution in [1.82, 2.24) is 15.3 Å². The van der Waals surface area contributed by atoms with Crippen LogP contribution < -0.4 is 15.4 Å². The Morgan fingerprint density at radius 1 is 1.31 bits per heavy atom. The molecule has 0 unspecified atom stereocenters. The Labute approximate surface area is 203 Å². The van der Waals surface area contributed by atoms with Crippen LogP contribution in [0.15, 0.2) is 29.4 Å². The lowest BCUT2D eigenvalue weighted by Gasteiger charge is -2.40. The lowest BCUT2D eigenvalue weighted by atomic mass is 9.82. The van der Waals surface area contributed by atoms with Crippen LogP contribution in [0, 0.1) is 5.41 Å². The van der Waals surface area contributed by atoms with Gasteiger partial charge in [0.2, 0.25) is 0 Å². The summed E-state index contributed by atoms with van der Waals surface area (Å²) in [4.78, 5) is 36.1. The Morgan fingerprint density at radius 3 is 2.58 bits per heavy atom. The summed E-state index contributed by atoms with van der Waals surface area (Å²) in [6.07, 6.45) is -3.41. The van der Waals surface area contributed by atoms with Gasteiger partial charge >= 0.3 is 12.1 Å². The molecule has 0 saturated carbocycles. The molecule has 0 radical (unpaired) electrons. The van der Waals surface area contributed by atoms with E-state index < -0.39 is 35.2 Å². The zero-order valence-electron chi connectivity index (χ0n) is 19.5. The van der Waals surface area contributed by atoms with Gasteiger partial charge in [0.25, 0.3) is 5.91 Å². The summed E-state index contributed by atoms with van der Waals surface area (Å²) in [5.41, 5.74) is -0.189. The van der Waals surface area contributed by atoms with Crippen LogP contribution in [0.1, 0.15) is 46.7 Å². The molecule has 0 aromatic carbocycles. The number of aromatic nitrogens is 2. The van der Waals surface area contributed by atoms with Crippen LogP contribution in [0.3, 0.4) is 0 Å². The van der Waals surface area contributed by atoms with Crippen molar-refractivity contribution >= 4 is 23.4 Å². The number of rotatable bonds is 10. The maximum atomic E-state index is 13.2. The second-order valence-corrected chi connectivity index (χ2v) is 8.78. The number of aliphatic imine (C=N–C) groups is 1. The maximum Gasteiger partial charge on any atom is 0.433 e. The molecule has 1 saturated heterocycles. The third-order valence-electron chi connectivity index (χ3n) is 5.90. The Morgan fingerprint density at radius 2 is 2.03 bits per heavy atom. The molecular weight excluding hydrogens is 483 g/mol. The fourth-order valence-electron chi connectivity index (χ4n) is 3.86. The van der Waals surface area contributed by atoms with Crippen LogP contribution in [0.2, 0.25) is 0 Å². The number of hydrogen-bond donors (Lipinski definition) is 3.